The van der Waals surface area contributed by atoms with Gasteiger partial charge in [-0.15, -0.1) is 0 Å². The van der Waals surface area contributed by atoms with Crippen molar-refractivity contribution >= 4 is 55.4 Å². The van der Waals surface area contributed by atoms with Crippen molar-refractivity contribution < 1.29 is 13.5 Å². The van der Waals surface area contributed by atoms with Gasteiger partial charge in [0.25, 0.3) is 0 Å². The summed E-state index contributed by atoms with van der Waals surface area (Å²) in [6, 6.07) is 14.3. The van der Waals surface area contributed by atoms with E-state index in [1.807, 2.05) is 24.3 Å². The summed E-state index contributed by atoms with van der Waals surface area (Å²) in [4.78, 5) is 21.8. The Labute approximate surface area is 197 Å². The number of fused-ring (bicyclic) bond motifs is 6. The third-order valence-corrected chi connectivity index (χ3v) is 6.47. The van der Waals surface area contributed by atoms with Crippen LogP contribution in [0.4, 0.5) is 4.39 Å². The highest BCUT2D eigenvalue weighted by molar-refractivity contribution is 6.30. The van der Waals surface area contributed by atoms with Crippen molar-refractivity contribution in [3.8, 4) is 5.75 Å². The highest BCUT2D eigenvalue weighted by Crippen LogP contribution is 2.35. The Morgan fingerprint density at radius 3 is 2.82 bits per heavy atom. The largest absolute Gasteiger partial charge is 0.497 e. The Balaban J connectivity index is 1.67. The number of pyridine rings is 2. The van der Waals surface area contributed by atoms with E-state index in [1.165, 1.54) is 6.07 Å². The van der Waals surface area contributed by atoms with Crippen LogP contribution in [0.1, 0.15) is 11.1 Å². The van der Waals surface area contributed by atoms with Crippen molar-refractivity contribution in [2.24, 2.45) is 0 Å². The number of rotatable bonds is 3. The van der Waals surface area contributed by atoms with Crippen LogP contribution in [-0.4, -0.2) is 21.6 Å². The maximum absolute atomic E-state index is 14.7. The minimum absolute atomic E-state index is 0.201. The Bertz CT molecular complexity index is 1840. The molecule has 0 aliphatic rings. The third kappa shape index (κ3) is 3.04. The summed E-state index contributed by atoms with van der Waals surface area (Å²) in [5, 5.41) is 3.25. The number of ether oxygens (including phenoxy) is 1. The first-order valence-corrected chi connectivity index (χ1v) is 11.0. The summed E-state index contributed by atoms with van der Waals surface area (Å²) in [5.74, 6) is 0.313. The van der Waals surface area contributed by atoms with E-state index in [0.29, 0.717) is 44.2 Å². The zero-order chi connectivity index (χ0) is 23.6. The van der Waals surface area contributed by atoms with Gasteiger partial charge in [-0.1, -0.05) is 11.6 Å². The zero-order valence-corrected chi connectivity index (χ0v) is 19.0. The normalized spacial score (nSPS) is 11.8. The Kier molecular flexibility index (Phi) is 4.57. The molecule has 0 saturated heterocycles. The predicted molar refractivity (Wildman–Crippen MR) is 130 cm³/mol. The van der Waals surface area contributed by atoms with Gasteiger partial charge in [0.05, 0.1) is 24.7 Å². The molecule has 168 valence electrons. The molecule has 8 heteroatoms. The van der Waals surface area contributed by atoms with Crippen LogP contribution in [0.5, 0.6) is 5.75 Å². The van der Waals surface area contributed by atoms with Crippen molar-refractivity contribution in [2.75, 3.05) is 7.11 Å². The quantitative estimate of drug-likeness (QED) is 0.295. The lowest BCUT2D eigenvalue weighted by Crippen LogP contribution is -2.09. The summed E-state index contributed by atoms with van der Waals surface area (Å²) in [5.41, 5.74) is 2.43. The summed E-state index contributed by atoms with van der Waals surface area (Å²) in [6.45, 7) is 1.90. The molecule has 0 atom stereocenters. The van der Waals surface area contributed by atoms with E-state index in [2.05, 4.69) is 9.97 Å². The van der Waals surface area contributed by atoms with Crippen LogP contribution in [0.15, 0.2) is 63.9 Å². The summed E-state index contributed by atoms with van der Waals surface area (Å²) >= 11 is 6.56. The SMILES string of the molecule is COc1ccc2cc(Cn3c4cc(F)c(C)cc4c4c5cccnc5oc(=O)c43)c(Cl)nc2c1. The number of methoxy groups -OCH3 is 1. The smallest absolute Gasteiger partial charge is 0.362 e. The Morgan fingerprint density at radius 1 is 1.15 bits per heavy atom. The molecule has 0 bridgehead atoms. The first kappa shape index (κ1) is 20.6. The van der Waals surface area contributed by atoms with Gasteiger partial charge >= 0.3 is 5.63 Å². The highest BCUT2D eigenvalue weighted by atomic mass is 35.5. The van der Waals surface area contributed by atoms with Crippen molar-refractivity contribution in [1.29, 1.82) is 0 Å². The molecule has 4 heterocycles. The van der Waals surface area contributed by atoms with Crippen LogP contribution in [0.3, 0.4) is 0 Å². The van der Waals surface area contributed by atoms with E-state index in [0.717, 1.165) is 10.8 Å². The minimum Gasteiger partial charge on any atom is -0.497 e. The number of hydrogen-bond donors (Lipinski definition) is 0. The number of hydrogen-bond acceptors (Lipinski definition) is 5. The van der Waals surface area contributed by atoms with Gasteiger partial charge in [0.15, 0.2) is 0 Å². The third-order valence-electron chi connectivity index (χ3n) is 6.15. The molecule has 0 fully saturated rings. The van der Waals surface area contributed by atoms with Crippen LogP contribution in [0, 0.1) is 12.7 Å². The van der Waals surface area contributed by atoms with Gasteiger partial charge in [0, 0.05) is 39.4 Å². The average molecular weight is 474 g/mol. The van der Waals surface area contributed by atoms with E-state index in [1.54, 1.807) is 43.0 Å². The first-order chi connectivity index (χ1) is 16.4. The van der Waals surface area contributed by atoms with Crippen LogP contribution in [0.2, 0.25) is 5.15 Å². The number of halogens is 2. The fourth-order valence-corrected chi connectivity index (χ4v) is 4.71. The van der Waals surface area contributed by atoms with Crippen molar-refractivity contribution in [1.82, 2.24) is 14.5 Å². The summed E-state index contributed by atoms with van der Waals surface area (Å²) in [7, 11) is 1.59. The van der Waals surface area contributed by atoms with Crippen LogP contribution >= 0.6 is 11.6 Å². The van der Waals surface area contributed by atoms with E-state index in [-0.39, 0.29) is 23.2 Å². The molecule has 2 aromatic carbocycles. The molecule has 0 saturated carbocycles. The molecule has 6 nitrogen and oxygen atoms in total. The summed E-state index contributed by atoms with van der Waals surface area (Å²) < 4.78 is 27.2. The number of aromatic nitrogens is 3. The molecule has 4 aromatic heterocycles. The molecular weight excluding hydrogens is 457 g/mol. The van der Waals surface area contributed by atoms with Gasteiger partial charge in [-0.2, -0.15) is 0 Å². The molecular formula is C26H17ClFN3O3. The van der Waals surface area contributed by atoms with Crippen molar-refractivity contribution in [3.05, 3.63) is 87.2 Å². The molecule has 34 heavy (non-hydrogen) atoms. The standard InChI is InChI=1S/C26H17ClFN3O3/c1-13-8-18-21(11-19(13)28)31(23-22(18)17-4-3-7-29-25(17)34-26(23)32)12-15-9-14-5-6-16(33-2)10-20(14)30-24(15)27/h3-11H,12H2,1-2H3. The molecule has 0 amide bonds. The lowest BCUT2D eigenvalue weighted by molar-refractivity contribution is 0.415. The highest BCUT2D eigenvalue weighted by Gasteiger charge is 2.21. The molecule has 6 aromatic rings. The van der Waals surface area contributed by atoms with Gasteiger partial charge in [-0.05, 0) is 55.0 Å². The van der Waals surface area contributed by atoms with Gasteiger partial charge in [0.1, 0.15) is 22.2 Å². The lowest BCUT2D eigenvalue weighted by atomic mass is 10.1. The maximum atomic E-state index is 14.7. The van der Waals surface area contributed by atoms with Crippen molar-refractivity contribution in [3.63, 3.8) is 0 Å². The lowest BCUT2D eigenvalue weighted by Gasteiger charge is -2.11. The van der Waals surface area contributed by atoms with Crippen LogP contribution in [0.25, 0.3) is 43.8 Å². The molecule has 6 rings (SSSR count). The molecule has 0 aliphatic heterocycles. The van der Waals surface area contributed by atoms with Crippen molar-refractivity contribution in [2.45, 2.75) is 13.5 Å². The van der Waals surface area contributed by atoms with E-state index in [9.17, 15) is 9.18 Å². The number of nitrogens with zero attached hydrogens (tertiary/aromatic N) is 3. The second-order valence-corrected chi connectivity index (χ2v) is 8.53. The van der Waals surface area contributed by atoms with E-state index < -0.39 is 5.63 Å². The van der Waals surface area contributed by atoms with Crippen LogP contribution < -0.4 is 10.4 Å². The van der Waals surface area contributed by atoms with Gasteiger partial charge in [0.2, 0.25) is 5.71 Å². The second-order valence-electron chi connectivity index (χ2n) is 8.17. The van der Waals surface area contributed by atoms with E-state index >= 15 is 0 Å². The number of aryl methyl sites for hydroxylation is 1. The fraction of sp³-hybridized carbons (Fsp3) is 0.115. The van der Waals surface area contributed by atoms with Gasteiger partial charge < -0.3 is 13.7 Å². The fourth-order valence-electron chi connectivity index (χ4n) is 4.50. The molecule has 0 radical (unpaired) electrons. The average Bonchev–Trinajstić information content (AvgIpc) is 3.13. The van der Waals surface area contributed by atoms with Crippen LogP contribution in [-0.2, 0) is 6.54 Å². The monoisotopic (exact) mass is 473 g/mol. The van der Waals surface area contributed by atoms with Gasteiger partial charge in [-0.25, -0.2) is 19.2 Å². The Morgan fingerprint density at radius 2 is 2.00 bits per heavy atom. The molecule has 0 spiro atoms. The Hall–Kier alpha value is -3.97. The van der Waals surface area contributed by atoms with E-state index in [4.69, 9.17) is 20.8 Å². The minimum atomic E-state index is -0.551. The first-order valence-electron chi connectivity index (χ1n) is 10.6. The second kappa shape index (κ2) is 7.53. The topological polar surface area (TPSA) is 70.2 Å². The molecule has 0 unspecified atom stereocenters. The number of benzene rings is 2. The molecule has 0 aliphatic carbocycles. The zero-order valence-electron chi connectivity index (χ0n) is 18.2. The maximum Gasteiger partial charge on any atom is 0.362 e. The predicted octanol–water partition coefficient (Wildman–Crippen LogP) is 6.00. The molecule has 0 N–H and O–H groups in total. The van der Waals surface area contributed by atoms with Gasteiger partial charge in [-0.3, -0.25) is 0 Å². The summed E-state index contributed by atoms with van der Waals surface area (Å²) in [6.07, 6.45) is 1.57.